The molecule has 3 rings (SSSR count). The molecular formula is C17H17Cl2NO. The maximum absolute atomic E-state index is 6.10. The Bertz CT molecular complexity index is 653. The first-order valence-electron chi connectivity index (χ1n) is 7.07. The Hall–Kier alpha value is -1.22. The Morgan fingerprint density at radius 3 is 2.43 bits per heavy atom. The summed E-state index contributed by atoms with van der Waals surface area (Å²) in [6.07, 6.45) is 2.52. The van der Waals surface area contributed by atoms with E-state index < -0.39 is 0 Å². The first kappa shape index (κ1) is 14.7. The Labute approximate surface area is 135 Å². The topological polar surface area (TPSA) is 21.3 Å². The van der Waals surface area contributed by atoms with Crippen LogP contribution < -0.4 is 10.1 Å². The lowest BCUT2D eigenvalue weighted by Gasteiger charge is -2.14. The van der Waals surface area contributed by atoms with Crippen LogP contribution in [0.4, 0.5) is 0 Å². The van der Waals surface area contributed by atoms with Crippen LogP contribution in [0.2, 0.25) is 10.0 Å². The molecule has 1 aliphatic rings. The van der Waals surface area contributed by atoms with Crippen LogP contribution in [0.15, 0.2) is 36.4 Å². The van der Waals surface area contributed by atoms with Crippen LogP contribution >= 0.6 is 23.2 Å². The van der Waals surface area contributed by atoms with Gasteiger partial charge < -0.3 is 10.1 Å². The van der Waals surface area contributed by atoms with Crippen LogP contribution in [0.1, 0.15) is 24.0 Å². The standard InChI is InChI=1S/C17H17Cl2NO/c1-11-2-4-13(18)8-16(11)21-17-9-14(19)5-3-12(17)10-20-15-6-7-15/h2-5,8-9,15,20H,6-7,10H2,1H3. The van der Waals surface area contributed by atoms with Crippen molar-refractivity contribution in [3.8, 4) is 11.5 Å². The molecule has 0 saturated heterocycles. The van der Waals surface area contributed by atoms with Crippen molar-refractivity contribution in [2.75, 3.05) is 0 Å². The number of hydrogen-bond donors (Lipinski definition) is 1. The average molecular weight is 322 g/mol. The molecule has 0 spiro atoms. The lowest BCUT2D eigenvalue weighted by Crippen LogP contribution is -2.15. The number of benzene rings is 2. The molecule has 0 amide bonds. The first-order chi connectivity index (χ1) is 10.1. The highest BCUT2D eigenvalue weighted by atomic mass is 35.5. The van der Waals surface area contributed by atoms with Crippen molar-refractivity contribution in [2.45, 2.75) is 32.4 Å². The van der Waals surface area contributed by atoms with E-state index in [0.717, 1.165) is 29.2 Å². The number of ether oxygens (including phenoxy) is 1. The summed E-state index contributed by atoms with van der Waals surface area (Å²) in [5.74, 6) is 1.54. The largest absolute Gasteiger partial charge is 0.457 e. The van der Waals surface area contributed by atoms with Crippen molar-refractivity contribution in [1.29, 1.82) is 0 Å². The van der Waals surface area contributed by atoms with Gasteiger partial charge in [-0.3, -0.25) is 0 Å². The highest BCUT2D eigenvalue weighted by Gasteiger charge is 2.20. The summed E-state index contributed by atoms with van der Waals surface area (Å²) < 4.78 is 6.05. The third-order valence-corrected chi connectivity index (χ3v) is 4.03. The van der Waals surface area contributed by atoms with Crippen LogP contribution in [0.25, 0.3) is 0 Å². The van der Waals surface area contributed by atoms with E-state index in [1.165, 1.54) is 12.8 Å². The van der Waals surface area contributed by atoms with Gasteiger partial charge in [-0.05, 0) is 49.6 Å². The molecule has 21 heavy (non-hydrogen) atoms. The van der Waals surface area contributed by atoms with Crippen molar-refractivity contribution in [3.05, 3.63) is 57.6 Å². The minimum atomic E-state index is 0.654. The second-order valence-corrected chi connectivity index (χ2v) is 6.29. The number of hydrogen-bond acceptors (Lipinski definition) is 2. The zero-order chi connectivity index (χ0) is 14.8. The predicted molar refractivity (Wildman–Crippen MR) is 87.6 cm³/mol. The third-order valence-electron chi connectivity index (χ3n) is 3.56. The molecule has 1 saturated carbocycles. The fraction of sp³-hybridized carbons (Fsp3) is 0.294. The van der Waals surface area contributed by atoms with Gasteiger partial charge >= 0.3 is 0 Å². The molecular weight excluding hydrogens is 305 g/mol. The molecule has 1 fully saturated rings. The van der Waals surface area contributed by atoms with Gasteiger partial charge in [-0.2, -0.15) is 0 Å². The lowest BCUT2D eigenvalue weighted by molar-refractivity contribution is 0.469. The van der Waals surface area contributed by atoms with Crippen LogP contribution in [-0.2, 0) is 6.54 Å². The molecule has 1 N–H and O–H groups in total. The van der Waals surface area contributed by atoms with Gasteiger partial charge in [0, 0.05) is 28.2 Å². The van der Waals surface area contributed by atoms with Crippen molar-refractivity contribution in [2.24, 2.45) is 0 Å². The van der Waals surface area contributed by atoms with E-state index in [4.69, 9.17) is 27.9 Å². The van der Waals surface area contributed by atoms with Gasteiger partial charge in [0.2, 0.25) is 0 Å². The molecule has 4 heteroatoms. The minimum Gasteiger partial charge on any atom is -0.457 e. The first-order valence-corrected chi connectivity index (χ1v) is 7.83. The van der Waals surface area contributed by atoms with Crippen LogP contribution in [-0.4, -0.2) is 6.04 Å². The van der Waals surface area contributed by atoms with E-state index in [-0.39, 0.29) is 0 Å². The Kier molecular flexibility index (Phi) is 4.39. The van der Waals surface area contributed by atoms with Crippen molar-refractivity contribution in [1.82, 2.24) is 5.32 Å². The van der Waals surface area contributed by atoms with E-state index in [1.807, 2.05) is 43.3 Å². The van der Waals surface area contributed by atoms with Gasteiger partial charge in [0.15, 0.2) is 0 Å². The van der Waals surface area contributed by atoms with E-state index in [0.29, 0.717) is 16.1 Å². The minimum absolute atomic E-state index is 0.654. The second kappa shape index (κ2) is 6.27. The normalized spacial score (nSPS) is 14.2. The van der Waals surface area contributed by atoms with Gasteiger partial charge in [0.1, 0.15) is 11.5 Å². The van der Waals surface area contributed by atoms with Crippen LogP contribution in [0, 0.1) is 6.92 Å². The number of rotatable bonds is 5. The van der Waals surface area contributed by atoms with Gasteiger partial charge in [0.25, 0.3) is 0 Å². The molecule has 0 aliphatic heterocycles. The monoisotopic (exact) mass is 321 g/mol. The fourth-order valence-electron chi connectivity index (χ4n) is 2.11. The quantitative estimate of drug-likeness (QED) is 0.801. The molecule has 2 aromatic rings. The van der Waals surface area contributed by atoms with Gasteiger partial charge in [-0.1, -0.05) is 35.3 Å². The molecule has 0 radical (unpaired) electrons. The van der Waals surface area contributed by atoms with Gasteiger partial charge in [-0.25, -0.2) is 0 Å². The summed E-state index contributed by atoms with van der Waals surface area (Å²) in [6.45, 7) is 2.79. The Morgan fingerprint density at radius 1 is 1.05 bits per heavy atom. The van der Waals surface area contributed by atoms with Gasteiger partial charge in [0.05, 0.1) is 0 Å². The van der Waals surface area contributed by atoms with E-state index in [1.54, 1.807) is 0 Å². The zero-order valence-electron chi connectivity index (χ0n) is 11.8. The maximum Gasteiger partial charge on any atom is 0.133 e. The third kappa shape index (κ3) is 3.91. The Balaban J connectivity index is 1.85. The summed E-state index contributed by atoms with van der Waals surface area (Å²) >= 11 is 12.1. The molecule has 0 heterocycles. The SMILES string of the molecule is Cc1ccc(Cl)cc1Oc1cc(Cl)ccc1CNC1CC1. The Morgan fingerprint density at radius 2 is 1.71 bits per heavy atom. The van der Waals surface area contributed by atoms with Crippen LogP contribution in [0.5, 0.6) is 11.5 Å². The fourth-order valence-corrected chi connectivity index (χ4v) is 2.44. The zero-order valence-corrected chi connectivity index (χ0v) is 13.3. The smallest absolute Gasteiger partial charge is 0.133 e. The predicted octanol–water partition coefficient (Wildman–Crippen LogP) is 5.35. The average Bonchev–Trinajstić information content (AvgIpc) is 3.26. The number of aryl methyl sites for hydroxylation is 1. The lowest BCUT2D eigenvalue weighted by atomic mass is 10.2. The number of nitrogens with one attached hydrogen (secondary N) is 1. The van der Waals surface area contributed by atoms with E-state index in [9.17, 15) is 0 Å². The molecule has 1 aliphatic carbocycles. The summed E-state index contributed by atoms with van der Waals surface area (Å²) in [5, 5.41) is 4.82. The summed E-state index contributed by atoms with van der Waals surface area (Å²) in [4.78, 5) is 0. The molecule has 2 aromatic carbocycles. The van der Waals surface area contributed by atoms with Gasteiger partial charge in [-0.15, -0.1) is 0 Å². The van der Waals surface area contributed by atoms with E-state index in [2.05, 4.69) is 5.32 Å². The molecule has 0 bridgehead atoms. The highest BCUT2D eigenvalue weighted by Crippen LogP contribution is 2.32. The van der Waals surface area contributed by atoms with Crippen molar-refractivity contribution < 1.29 is 4.74 Å². The van der Waals surface area contributed by atoms with Crippen molar-refractivity contribution >= 4 is 23.2 Å². The molecule has 0 unspecified atom stereocenters. The van der Waals surface area contributed by atoms with Crippen molar-refractivity contribution in [3.63, 3.8) is 0 Å². The summed E-state index contributed by atoms with van der Waals surface area (Å²) in [6, 6.07) is 12.0. The molecule has 0 aromatic heterocycles. The summed E-state index contributed by atoms with van der Waals surface area (Å²) in [7, 11) is 0. The molecule has 110 valence electrons. The number of halogens is 2. The summed E-state index contributed by atoms with van der Waals surface area (Å²) in [5.41, 5.74) is 2.14. The van der Waals surface area contributed by atoms with Crippen LogP contribution in [0.3, 0.4) is 0 Å². The molecule has 0 atom stereocenters. The van der Waals surface area contributed by atoms with E-state index >= 15 is 0 Å². The maximum atomic E-state index is 6.10. The highest BCUT2D eigenvalue weighted by molar-refractivity contribution is 6.31. The molecule has 2 nitrogen and oxygen atoms in total. The second-order valence-electron chi connectivity index (χ2n) is 5.42.